The van der Waals surface area contributed by atoms with Crippen LogP contribution in [0, 0.1) is 0 Å². The van der Waals surface area contributed by atoms with Crippen LogP contribution < -0.4 is 5.32 Å². The summed E-state index contributed by atoms with van der Waals surface area (Å²) in [4.78, 5) is 17.6. The quantitative estimate of drug-likeness (QED) is 0.676. The van der Waals surface area contributed by atoms with Crippen LogP contribution in [0.2, 0.25) is 0 Å². The third-order valence-corrected chi connectivity index (χ3v) is 4.33. The fourth-order valence-electron chi connectivity index (χ4n) is 2.56. The van der Waals surface area contributed by atoms with Gasteiger partial charge in [-0.15, -0.1) is 5.10 Å². The number of amides is 1. The molecule has 0 bridgehead atoms. The Morgan fingerprint density at radius 2 is 2.20 bits per heavy atom. The minimum absolute atomic E-state index is 0.109. The molecular weight excluding hydrogens is 318 g/mol. The van der Waals surface area contributed by atoms with Gasteiger partial charge in [0.05, 0.1) is 6.54 Å². The van der Waals surface area contributed by atoms with Gasteiger partial charge in [0.15, 0.2) is 5.82 Å². The number of nitrogens with zero attached hydrogens (tertiary/aromatic N) is 5. The van der Waals surface area contributed by atoms with Crippen molar-refractivity contribution in [1.29, 1.82) is 0 Å². The Bertz CT molecular complexity index is 851. The summed E-state index contributed by atoms with van der Waals surface area (Å²) in [6.45, 7) is 5.38. The normalized spacial score (nSPS) is 11.6. The first-order valence-electron chi connectivity index (χ1n) is 8.31. The molecule has 1 aromatic carbocycles. The van der Waals surface area contributed by atoms with Crippen LogP contribution in [0.25, 0.3) is 10.9 Å². The monoisotopic (exact) mass is 341 g/mol. The van der Waals surface area contributed by atoms with Gasteiger partial charge in [-0.05, 0) is 49.0 Å². The number of aromatic nitrogens is 5. The lowest BCUT2D eigenvalue weighted by atomic mass is 10.1. The lowest BCUT2D eigenvalue weighted by molar-refractivity contribution is -0.122. The van der Waals surface area contributed by atoms with Gasteiger partial charge in [-0.3, -0.25) is 9.69 Å². The number of carbonyl (C=O) groups excluding carboxylic acids is 1. The van der Waals surface area contributed by atoms with E-state index in [0.717, 1.165) is 16.5 Å². The third-order valence-electron chi connectivity index (χ3n) is 4.33. The molecule has 0 radical (unpaired) electrons. The molecule has 3 rings (SSSR count). The van der Waals surface area contributed by atoms with Gasteiger partial charge in [-0.1, -0.05) is 12.1 Å². The van der Waals surface area contributed by atoms with Gasteiger partial charge in [0.1, 0.15) is 6.54 Å². The molecule has 25 heavy (non-hydrogen) atoms. The molecule has 0 aliphatic heterocycles. The van der Waals surface area contributed by atoms with Gasteiger partial charge in [-0.25, -0.2) is 4.68 Å². The summed E-state index contributed by atoms with van der Waals surface area (Å²) in [7, 11) is 2.00. The number of nitrogens with one attached hydrogen (secondary N) is 2. The summed E-state index contributed by atoms with van der Waals surface area (Å²) in [5.41, 5.74) is 2.13. The number of hydrogen-bond donors (Lipinski definition) is 2. The average Bonchev–Trinajstić information content (AvgIpc) is 3.22. The maximum Gasteiger partial charge on any atom is 0.242 e. The number of tetrazole rings is 1. The number of H-pyrrole nitrogens is 1. The Balaban J connectivity index is 1.60. The molecule has 0 aliphatic carbocycles. The van der Waals surface area contributed by atoms with E-state index in [-0.39, 0.29) is 12.5 Å². The van der Waals surface area contributed by atoms with E-state index in [1.54, 1.807) is 4.68 Å². The molecule has 2 aromatic heterocycles. The van der Waals surface area contributed by atoms with Crippen molar-refractivity contribution >= 4 is 16.8 Å². The van der Waals surface area contributed by atoms with Crippen LogP contribution in [0.5, 0.6) is 0 Å². The van der Waals surface area contributed by atoms with Gasteiger partial charge in [-0.2, -0.15) is 0 Å². The number of rotatable bonds is 7. The highest BCUT2D eigenvalue weighted by molar-refractivity contribution is 5.83. The molecular formula is C17H23N7O. The SMILES string of the molecule is CC(C)N(C)Cc1nnnn1CC(=O)NCc1cccc2[nH]ccc12. The molecule has 0 spiro atoms. The molecule has 2 heterocycles. The van der Waals surface area contributed by atoms with E-state index in [9.17, 15) is 4.79 Å². The summed E-state index contributed by atoms with van der Waals surface area (Å²) in [5.74, 6) is 0.562. The summed E-state index contributed by atoms with van der Waals surface area (Å²) >= 11 is 0. The molecule has 8 heteroatoms. The van der Waals surface area contributed by atoms with E-state index < -0.39 is 0 Å². The molecule has 0 unspecified atom stereocenters. The third kappa shape index (κ3) is 4.03. The lowest BCUT2D eigenvalue weighted by Gasteiger charge is -2.19. The Labute approximate surface area is 146 Å². The molecule has 0 saturated heterocycles. The molecule has 8 nitrogen and oxygen atoms in total. The van der Waals surface area contributed by atoms with E-state index in [4.69, 9.17) is 0 Å². The summed E-state index contributed by atoms with van der Waals surface area (Å²) in [6, 6.07) is 8.38. The van der Waals surface area contributed by atoms with Gasteiger partial charge in [0.25, 0.3) is 0 Å². The van der Waals surface area contributed by atoms with E-state index in [1.165, 1.54) is 0 Å². The van der Waals surface area contributed by atoms with Gasteiger partial charge in [0, 0.05) is 29.7 Å². The van der Waals surface area contributed by atoms with Crippen molar-refractivity contribution in [2.45, 2.75) is 39.5 Å². The number of aromatic amines is 1. The first-order valence-corrected chi connectivity index (χ1v) is 8.31. The van der Waals surface area contributed by atoms with Crippen LogP contribution in [-0.4, -0.2) is 49.1 Å². The zero-order valence-electron chi connectivity index (χ0n) is 14.7. The number of carbonyl (C=O) groups is 1. The van der Waals surface area contributed by atoms with Crippen LogP contribution in [0.1, 0.15) is 25.2 Å². The fraction of sp³-hybridized carbons (Fsp3) is 0.412. The largest absolute Gasteiger partial charge is 0.361 e. The standard InChI is InChI=1S/C17H23N7O/c1-12(2)23(3)10-16-20-21-22-24(16)11-17(25)19-9-13-5-4-6-15-14(13)7-8-18-15/h4-8,12,18H,9-11H2,1-3H3,(H,19,25). The van der Waals surface area contributed by atoms with E-state index >= 15 is 0 Å². The van der Waals surface area contributed by atoms with Gasteiger partial charge in [0.2, 0.25) is 5.91 Å². The second kappa shape index (κ2) is 7.43. The predicted octanol–water partition coefficient (Wildman–Crippen LogP) is 1.31. The molecule has 0 saturated carbocycles. The zero-order chi connectivity index (χ0) is 17.8. The second-order valence-corrected chi connectivity index (χ2v) is 6.39. The highest BCUT2D eigenvalue weighted by atomic mass is 16.2. The van der Waals surface area contributed by atoms with Crippen molar-refractivity contribution in [3.8, 4) is 0 Å². The summed E-state index contributed by atoms with van der Waals surface area (Å²) < 4.78 is 1.55. The van der Waals surface area contributed by atoms with Crippen LogP contribution in [0.3, 0.4) is 0 Å². The van der Waals surface area contributed by atoms with Crippen molar-refractivity contribution in [3.63, 3.8) is 0 Å². The zero-order valence-corrected chi connectivity index (χ0v) is 14.7. The van der Waals surface area contributed by atoms with E-state index in [0.29, 0.717) is 25.0 Å². The highest BCUT2D eigenvalue weighted by Crippen LogP contribution is 2.16. The minimum atomic E-state index is -0.117. The van der Waals surface area contributed by atoms with E-state index in [2.05, 4.69) is 44.6 Å². The van der Waals surface area contributed by atoms with Crippen LogP contribution in [0.4, 0.5) is 0 Å². The van der Waals surface area contributed by atoms with Crippen molar-refractivity contribution < 1.29 is 4.79 Å². The highest BCUT2D eigenvalue weighted by Gasteiger charge is 2.14. The maximum absolute atomic E-state index is 12.3. The first kappa shape index (κ1) is 17.1. The Morgan fingerprint density at radius 3 is 3.00 bits per heavy atom. The fourth-order valence-corrected chi connectivity index (χ4v) is 2.56. The Morgan fingerprint density at radius 1 is 1.36 bits per heavy atom. The first-order chi connectivity index (χ1) is 12.0. The summed E-state index contributed by atoms with van der Waals surface area (Å²) in [5, 5.41) is 15.7. The van der Waals surface area contributed by atoms with Crippen LogP contribution in [0.15, 0.2) is 30.5 Å². The number of hydrogen-bond acceptors (Lipinski definition) is 5. The Kier molecular flexibility index (Phi) is 5.08. The molecule has 0 aliphatic rings. The molecule has 132 valence electrons. The van der Waals surface area contributed by atoms with Gasteiger partial charge < -0.3 is 10.3 Å². The smallest absolute Gasteiger partial charge is 0.242 e. The minimum Gasteiger partial charge on any atom is -0.361 e. The molecule has 2 N–H and O–H groups in total. The van der Waals surface area contributed by atoms with Crippen LogP contribution in [-0.2, 0) is 24.4 Å². The van der Waals surface area contributed by atoms with Crippen LogP contribution >= 0.6 is 0 Å². The summed E-state index contributed by atoms with van der Waals surface area (Å²) in [6.07, 6.45) is 1.90. The molecule has 0 atom stereocenters. The molecule has 3 aromatic rings. The predicted molar refractivity (Wildman–Crippen MR) is 94.6 cm³/mol. The van der Waals surface area contributed by atoms with Gasteiger partial charge >= 0.3 is 0 Å². The van der Waals surface area contributed by atoms with Crippen molar-refractivity contribution in [2.75, 3.05) is 7.05 Å². The van der Waals surface area contributed by atoms with Crippen molar-refractivity contribution in [2.24, 2.45) is 0 Å². The molecule has 0 fully saturated rings. The maximum atomic E-state index is 12.3. The number of benzene rings is 1. The molecule has 1 amide bonds. The van der Waals surface area contributed by atoms with Crippen molar-refractivity contribution in [3.05, 3.63) is 41.9 Å². The second-order valence-electron chi connectivity index (χ2n) is 6.39. The van der Waals surface area contributed by atoms with Crippen molar-refractivity contribution in [1.82, 2.24) is 35.4 Å². The topological polar surface area (TPSA) is 91.7 Å². The van der Waals surface area contributed by atoms with E-state index in [1.807, 2.05) is 37.5 Å². The average molecular weight is 341 g/mol. The lowest BCUT2D eigenvalue weighted by Crippen LogP contribution is -2.31. The Hall–Kier alpha value is -2.74. The number of fused-ring (bicyclic) bond motifs is 1.